The Balaban J connectivity index is 2.49. The number of aromatic nitrogens is 2. The highest BCUT2D eigenvalue weighted by atomic mass is 32.1. The quantitative estimate of drug-likeness (QED) is 0.882. The molecule has 1 heterocycles. The minimum absolute atomic E-state index is 0.00261. The molecule has 6 heteroatoms. The number of nitrogens with zero attached hydrogens (tertiary/aromatic N) is 2. The molecule has 0 saturated carbocycles. The van der Waals surface area contributed by atoms with E-state index in [1.165, 1.54) is 0 Å². The van der Waals surface area contributed by atoms with Gasteiger partial charge in [0.25, 0.3) is 0 Å². The lowest BCUT2D eigenvalue weighted by molar-refractivity contribution is -0.129. The van der Waals surface area contributed by atoms with Gasteiger partial charge in [0, 0.05) is 14.1 Å². The van der Waals surface area contributed by atoms with Crippen molar-refractivity contribution in [2.45, 2.75) is 26.5 Å². The van der Waals surface area contributed by atoms with Crippen molar-refractivity contribution in [2.75, 3.05) is 14.1 Å². The van der Waals surface area contributed by atoms with E-state index in [1.54, 1.807) is 23.6 Å². The highest BCUT2D eigenvalue weighted by Crippen LogP contribution is 2.25. The third-order valence-electron chi connectivity index (χ3n) is 2.93. The van der Waals surface area contributed by atoms with Crippen LogP contribution in [0.1, 0.15) is 13.8 Å². The summed E-state index contributed by atoms with van der Waals surface area (Å²) >= 11 is 5.31. The highest BCUT2D eigenvalue weighted by Gasteiger charge is 2.13. The largest absolute Gasteiger partial charge is 0.489 e. The van der Waals surface area contributed by atoms with Crippen LogP contribution in [0.3, 0.4) is 0 Å². The van der Waals surface area contributed by atoms with E-state index in [-0.39, 0.29) is 18.6 Å². The molecule has 1 aromatic heterocycles. The fraction of sp³-hybridized carbons (Fsp3) is 0.429. The maximum Gasteiger partial charge on any atom is 0.242 e. The Morgan fingerprint density at radius 2 is 2.15 bits per heavy atom. The number of imidazole rings is 1. The molecule has 1 N–H and O–H groups in total. The van der Waals surface area contributed by atoms with Crippen molar-refractivity contribution < 1.29 is 9.53 Å². The van der Waals surface area contributed by atoms with Gasteiger partial charge in [0.2, 0.25) is 5.91 Å². The molecule has 2 rings (SSSR count). The summed E-state index contributed by atoms with van der Waals surface area (Å²) in [5.74, 6) is 0.747. The Morgan fingerprint density at radius 1 is 1.45 bits per heavy atom. The molecule has 108 valence electrons. The van der Waals surface area contributed by atoms with E-state index < -0.39 is 0 Å². The second-order valence-corrected chi connectivity index (χ2v) is 5.51. The number of benzene rings is 1. The van der Waals surface area contributed by atoms with Gasteiger partial charge < -0.3 is 19.2 Å². The SMILES string of the molecule is CC(C)Oc1cccc2c1[nH]c(=S)n2CC(=O)N(C)C. The number of aromatic amines is 1. The first-order chi connectivity index (χ1) is 9.40. The minimum Gasteiger partial charge on any atom is -0.489 e. The summed E-state index contributed by atoms with van der Waals surface area (Å²) in [6, 6.07) is 5.72. The van der Waals surface area contributed by atoms with Crippen LogP contribution in [0.15, 0.2) is 18.2 Å². The van der Waals surface area contributed by atoms with Gasteiger partial charge in [-0.05, 0) is 38.2 Å². The standard InChI is InChI=1S/C14H19N3O2S/c1-9(2)19-11-7-5-6-10-13(11)15-14(20)17(10)8-12(18)16(3)4/h5-7,9H,8H2,1-4H3,(H,15,20). The third-order valence-corrected chi connectivity index (χ3v) is 3.25. The molecule has 0 atom stereocenters. The highest BCUT2D eigenvalue weighted by molar-refractivity contribution is 7.71. The van der Waals surface area contributed by atoms with Crippen LogP contribution < -0.4 is 4.74 Å². The fourth-order valence-corrected chi connectivity index (χ4v) is 2.20. The molecule has 5 nitrogen and oxygen atoms in total. The molecule has 0 bridgehead atoms. The summed E-state index contributed by atoms with van der Waals surface area (Å²) in [5, 5.41) is 0. The van der Waals surface area contributed by atoms with Crippen molar-refractivity contribution in [2.24, 2.45) is 0 Å². The summed E-state index contributed by atoms with van der Waals surface area (Å²) in [7, 11) is 3.46. The van der Waals surface area contributed by atoms with Crippen LogP contribution in [-0.2, 0) is 11.3 Å². The lowest BCUT2D eigenvalue weighted by Crippen LogP contribution is -2.26. The van der Waals surface area contributed by atoms with Crippen molar-refractivity contribution in [3.63, 3.8) is 0 Å². The second-order valence-electron chi connectivity index (χ2n) is 5.12. The maximum atomic E-state index is 11.9. The predicted octanol–water partition coefficient (Wildman–Crippen LogP) is 2.57. The average Bonchev–Trinajstić information content (AvgIpc) is 2.67. The van der Waals surface area contributed by atoms with Crippen LogP contribution in [0.2, 0.25) is 0 Å². The molecule has 0 unspecified atom stereocenters. The van der Waals surface area contributed by atoms with Crippen LogP contribution in [0, 0.1) is 4.77 Å². The average molecular weight is 293 g/mol. The van der Waals surface area contributed by atoms with Crippen LogP contribution in [0.5, 0.6) is 5.75 Å². The van der Waals surface area contributed by atoms with Gasteiger partial charge in [0.05, 0.1) is 11.6 Å². The van der Waals surface area contributed by atoms with Crippen molar-refractivity contribution in [1.29, 1.82) is 0 Å². The van der Waals surface area contributed by atoms with Crippen LogP contribution in [-0.4, -0.2) is 40.6 Å². The summed E-state index contributed by atoms with van der Waals surface area (Å²) in [6.45, 7) is 4.16. The fourth-order valence-electron chi connectivity index (χ4n) is 1.94. The second kappa shape index (κ2) is 5.66. The molecule has 0 aliphatic carbocycles. The van der Waals surface area contributed by atoms with Gasteiger partial charge >= 0.3 is 0 Å². The first-order valence-corrected chi connectivity index (χ1v) is 6.89. The van der Waals surface area contributed by atoms with Crippen LogP contribution >= 0.6 is 12.2 Å². The number of ether oxygens (including phenoxy) is 1. The Hall–Kier alpha value is -1.82. The number of hydrogen-bond donors (Lipinski definition) is 1. The van der Waals surface area contributed by atoms with Gasteiger partial charge in [-0.1, -0.05) is 6.07 Å². The van der Waals surface area contributed by atoms with Crippen LogP contribution in [0.4, 0.5) is 0 Å². The van der Waals surface area contributed by atoms with Gasteiger partial charge in [-0.2, -0.15) is 0 Å². The van der Waals surface area contributed by atoms with Gasteiger partial charge in [0.1, 0.15) is 17.8 Å². The van der Waals surface area contributed by atoms with Crippen molar-refractivity contribution in [3.05, 3.63) is 23.0 Å². The van der Waals surface area contributed by atoms with Crippen molar-refractivity contribution >= 4 is 29.2 Å². The number of carbonyl (C=O) groups is 1. The van der Waals surface area contributed by atoms with E-state index in [4.69, 9.17) is 17.0 Å². The number of fused-ring (bicyclic) bond motifs is 1. The number of hydrogen-bond acceptors (Lipinski definition) is 3. The van der Waals surface area contributed by atoms with Gasteiger partial charge in [-0.15, -0.1) is 0 Å². The van der Waals surface area contributed by atoms with E-state index in [1.807, 2.05) is 32.0 Å². The number of H-pyrrole nitrogens is 1. The molecular formula is C14H19N3O2S. The number of para-hydroxylation sites is 1. The number of likely N-dealkylation sites (N-methyl/N-ethyl adjacent to an activating group) is 1. The lowest BCUT2D eigenvalue weighted by atomic mass is 10.3. The normalized spacial score (nSPS) is 11.1. The number of carbonyl (C=O) groups excluding carboxylic acids is 1. The molecule has 0 spiro atoms. The Morgan fingerprint density at radius 3 is 2.75 bits per heavy atom. The summed E-state index contributed by atoms with van der Waals surface area (Å²) in [5.41, 5.74) is 1.71. The zero-order valence-corrected chi connectivity index (χ0v) is 13.0. The predicted molar refractivity (Wildman–Crippen MR) is 81.6 cm³/mol. The zero-order valence-electron chi connectivity index (χ0n) is 12.1. The monoisotopic (exact) mass is 293 g/mol. The molecule has 0 saturated heterocycles. The van der Waals surface area contributed by atoms with E-state index in [0.717, 1.165) is 16.8 Å². The summed E-state index contributed by atoms with van der Waals surface area (Å²) < 4.78 is 8.08. The smallest absolute Gasteiger partial charge is 0.242 e. The Labute approximate surface area is 123 Å². The number of rotatable bonds is 4. The first-order valence-electron chi connectivity index (χ1n) is 6.48. The molecule has 0 aliphatic heterocycles. The molecule has 0 aliphatic rings. The molecular weight excluding hydrogens is 274 g/mol. The summed E-state index contributed by atoms with van der Waals surface area (Å²) in [4.78, 5) is 16.6. The maximum absolute atomic E-state index is 11.9. The van der Waals surface area contributed by atoms with E-state index >= 15 is 0 Å². The zero-order chi connectivity index (χ0) is 14.9. The molecule has 2 aromatic rings. The van der Waals surface area contributed by atoms with E-state index in [0.29, 0.717) is 4.77 Å². The topological polar surface area (TPSA) is 50.3 Å². The Kier molecular flexibility index (Phi) is 4.13. The van der Waals surface area contributed by atoms with E-state index in [9.17, 15) is 4.79 Å². The lowest BCUT2D eigenvalue weighted by Gasteiger charge is -2.12. The van der Waals surface area contributed by atoms with Gasteiger partial charge in [-0.3, -0.25) is 4.79 Å². The minimum atomic E-state index is -0.00261. The van der Waals surface area contributed by atoms with Gasteiger partial charge in [0.15, 0.2) is 4.77 Å². The van der Waals surface area contributed by atoms with Gasteiger partial charge in [-0.25, -0.2) is 0 Å². The molecule has 1 amide bonds. The summed E-state index contributed by atoms with van der Waals surface area (Å²) in [6.07, 6.45) is 0.0781. The molecule has 1 aromatic carbocycles. The Bertz CT molecular complexity index is 685. The van der Waals surface area contributed by atoms with E-state index in [2.05, 4.69) is 4.98 Å². The van der Waals surface area contributed by atoms with Crippen molar-refractivity contribution in [3.8, 4) is 5.75 Å². The molecule has 0 radical (unpaired) electrons. The first kappa shape index (κ1) is 14.6. The molecule has 0 fully saturated rings. The number of nitrogens with one attached hydrogen (secondary N) is 1. The van der Waals surface area contributed by atoms with Crippen LogP contribution in [0.25, 0.3) is 11.0 Å². The number of amides is 1. The van der Waals surface area contributed by atoms with Crippen molar-refractivity contribution in [1.82, 2.24) is 14.5 Å². The third kappa shape index (κ3) is 2.85. The molecule has 20 heavy (non-hydrogen) atoms.